The highest BCUT2D eigenvalue weighted by Crippen LogP contribution is 2.40. The van der Waals surface area contributed by atoms with E-state index in [2.05, 4.69) is 103 Å². The Morgan fingerprint density at radius 3 is 1.41 bits per heavy atom. The Morgan fingerprint density at radius 2 is 1.00 bits per heavy atom. The number of nitrogen functional groups attached to an aromatic ring is 1. The molecular weight excluding hydrogens is 729 g/mol. The first-order chi connectivity index (χ1) is 28.4. The van der Waals surface area contributed by atoms with E-state index < -0.39 is 0 Å². The van der Waals surface area contributed by atoms with Crippen LogP contribution in [0.2, 0.25) is 0 Å². The van der Waals surface area contributed by atoms with Crippen molar-refractivity contribution < 1.29 is 23.7 Å². The zero-order valence-corrected chi connectivity index (χ0v) is 34.1. The van der Waals surface area contributed by atoms with Gasteiger partial charge in [0.1, 0.15) is 41.4 Å². The van der Waals surface area contributed by atoms with Gasteiger partial charge in [-0.3, -0.25) is 4.79 Å². The van der Waals surface area contributed by atoms with Crippen LogP contribution in [0.4, 0.5) is 11.5 Å². The van der Waals surface area contributed by atoms with Gasteiger partial charge in [0.2, 0.25) is 5.91 Å². The Labute approximate surface area is 340 Å². The van der Waals surface area contributed by atoms with E-state index in [1.54, 1.807) is 10.9 Å². The first-order valence-corrected chi connectivity index (χ1v) is 20.6. The van der Waals surface area contributed by atoms with Gasteiger partial charge in [0.05, 0.1) is 32.8 Å². The molecule has 7 rings (SSSR count). The van der Waals surface area contributed by atoms with E-state index in [-0.39, 0.29) is 18.3 Å². The third kappa shape index (κ3) is 9.04. The van der Waals surface area contributed by atoms with Gasteiger partial charge in [-0.05, 0) is 71.2 Å². The molecule has 6 aromatic rings. The number of imidazole rings is 1. The Hall–Kier alpha value is -6.10. The smallest absolute Gasteiger partial charge is 0.244 e. The average molecular weight is 783 g/mol. The van der Waals surface area contributed by atoms with Gasteiger partial charge in [-0.15, -0.1) is 0 Å². The lowest BCUT2D eigenvalue weighted by Gasteiger charge is -2.23. The van der Waals surface area contributed by atoms with E-state index in [0.29, 0.717) is 69.0 Å². The van der Waals surface area contributed by atoms with Crippen LogP contribution in [0.3, 0.4) is 0 Å². The Balaban J connectivity index is 1.39. The van der Waals surface area contributed by atoms with Crippen molar-refractivity contribution in [2.75, 3.05) is 37.5 Å². The maximum absolute atomic E-state index is 13.8. The Morgan fingerprint density at radius 1 is 0.603 bits per heavy atom. The van der Waals surface area contributed by atoms with Gasteiger partial charge in [-0.1, -0.05) is 82.3 Å². The zero-order chi connectivity index (χ0) is 40.4. The third-order valence-corrected chi connectivity index (χ3v) is 10.1. The number of ether oxygens (including phenoxy) is 4. The van der Waals surface area contributed by atoms with Gasteiger partial charge in [0.15, 0.2) is 11.5 Å². The van der Waals surface area contributed by atoms with Crippen molar-refractivity contribution in [3.63, 3.8) is 0 Å². The number of hydrogen-bond acceptors (Lipinski definition) is 9. The molecule has 3 N–H and O–H groups in total. The molecule has 302 valence electrons. The molecule has 0 fully saturated rings. The quantitative estimate of drug-likeness (QED) is 0.105. The van der Waals surface area contributed by atoms with Gasteiger partial charge >= 0.3 is 0 Å². The molecule has 4 aromatic carbocycles. The van der Waals surface area contributed by atoms with E-state index in [9.17, 15) is 4.79 Å². The number of anilines is 2. The minimum absolute atomic E-state index is 0.0100. The van der Waals surface area contributed by atoms with Gasteiger partial charge in [0.25, 0.3) is 0 Å². The number of nitrogens with one attached hydrogen (secondary N) is 1. The predicted molar refractivity (Wildman–Crippen MR) is 229 cm³/mol. The molecule has 11 heteroatoms. The van der Waals surface area contributed by atoms with Crippen molar-refractivity contribution in [3.8, 4) is 23.0 Å². The molecular formula is C47H54N6O5. The molecule has 1 amide bonds. The number of para-hydroxylation sites is 3. The van der Waals surface area contributed by atoms with Crippen molar-refractivity contribution in [2.24, 2.45) is 0 Å². The summed E-state index contributed by atoms with van der Waals surface area (Å²) >= 11 is 0. The number of benzene rings is 4. The van der Waals surface area contributed by atoms with Crippen molar-refractivity contribution >= 4 is 28.6 Å². The molecule has 0 spiro atoms. The number of amides is 1. The number of rotatable bonds is 15. The molecule has 0 unspecified atom stereocenters. The minimum atomic E-state index is -0.233. The molecule has 8 bridgehead atoms. The fraction of sp³-hybridized carbons (Fsp3) is 0.362. The molecule has 0 saturated carbocycles. The summed E-state index contributed by atoms with van der Waals surface area (Å²) < 4.78 is 28.2. The van der Waals surface area contributed by atoms with E-state index >= 15 is 0 Å². The monoisotopic (exact) mass is 782 g/mol. The van der Waals surface area contributed by atoms with Gasteiger partial charge < -0.3 is 34.6 Å². The maximum Gasteiger partial charge on any atom is 0.244 e. The SMILES string of the molecule is CCCOc1c2cccc1Cc1cccc(c1OCCC)Cc1cc(NC(=O)Cn3cnc4c(N)ncnc43)cc(c1OCCC)Cc1cccc(c1OCCC)C2. The van der Waals surface area contributed by atoms with Gasteiger partial charge in [-0.2, -0.15) is 0 Å². The summed E-state index contributed by atoms with van der Waals surface area (Å²) in [5.74, 6) is 3.50. The number of carbonyl (C=O) groups is 1. The lowest BCUT2D eigenvalue weighted by Crippen LogP contribution is -2.19. The summed E-state index contributed by atoms with van der Waals surface area (Å²) in [6.45, 7) is 10.8. The predicted octanol–water partition coefficient (Wildman–Crippen LogP) is 8.88. The molecule has 1 aliphatic carbocycles. The topological polar surface area (TPSA) is 136 Å². The van der Waals surface area contributed by atoms with Crippen LogP contribution in [-0.2, 0) is 37.0 Å². The number of hydrogen-bond donors (Lipinski definition) is 2. The van der Waals surface area contributed by atoms with Crippen LogP contribution in [0.15, 0.2) is 79.4 Å². The molecule has 0 atom stereocenters. The molecule has 2 heterocycles. The van der Waals surface area contributed by atoms with E-state index in [0.717, 1.165) is 93.2 Å². The van der Waals surface area contributed by atoms with E-state index in [4.69, 9.17) is 24.7 Å². The fourth-order valence-electron chi connectivity index (χ4n) is 7.59. The average Bonchev–Trinajstić information content (AvgIpc) is 3.63. The maximum atomic E-state index is 13.8. The van der Waals surface area contributed by atoms with E-state index in [1.165, 1.54) is 6.33 Å². The molecule has 0 aliphatic heterocycles. The molecule has 0 saturated heterocycles. The molecule has 11 nitrogen and oxygen atoms in total. The van der Waals surface area contributed by atoms with Crippen molar-refractivity contribution in [2.45, 2.75) is 85.6 Å². The van der Waals surface area contributed by atoms with Crippen LogP contribution in [0, 0.1) is 0 Å². The second kappa shape index (κ2) is 18.9. The molecule has 1 aliphatic rings. The molecule has 2 aromatic heterocycles. The van der Waals surface area contributed by atoms with Crippen LogP contribution in [0.1, 0.15) is 97.9 Å². The first-order valence-electron chi connectivity index (χ1n) is 20.6. The third-order valence-electron chi connectivity index (χ3n) is 10.1. The highest BCUT2D eigenvalue weighted by atomic mass is 16.5. The number of aromatic nitrogens is 4. The number of fused-ring (bicyclic) bond motifs is 9. The van der Waals surface area contributed by atoms with Crippen LogP contribution < -0.4 is 30.0 Å². The standard InChI is InChI=1S/C47H54N6O5/c1-5-18-55-42-31-12-9-13-32(42)23-34-15-11-17-36(44(34)57-20-7-3)25-38-27-39(52-40(54)28-53-30-51-41-46(48)49-29-50-47(41)53)26-37(45(38)58-21-8-4)24-35-16-10-14-33(22-31)43(35)56-19-6-2/h9-17,26-27,29-30H,5-8,18-25,28H2,1-4H3,(H,52,54)(H2,48,49,50). The van der Waals surface area contributed by atoms with Crippen LogP contribution in [0.25, 0.3) is 11.2 Å². The summed E-state index contributed by atoms with van der Waals surface area (Å²) in [7, 11) is 0. The first kappa shape index (κ1) is 40.1. The second-order valence-electron chi connectivity index (χ2n) is 14.8. The number of nitrogens with two attached hydrogens (primary N) is 1. The highest BCUT2D eigenvalue weighted by molar-refractivity contribution is 5.92. The van der Waals surface area contributed by atoms with Gasteiger partial charge in [0, 0.05) is 42.5 Å². The van der Waals surface area contributed by atoms with Crippen LogP contribution in [-0.4, -0.2) is 51.9 Å². The summed E-state index contributed by atoms with van der Waals surface area (Å²) in [5.41, 5.74) is 16.0. The van der Waals surface area contributed by atoms with Crippen molar-refractivity contribution in [1.82, 2.24) is 19.5 Å². The highest BCUT2D eigenvalue weighted by Gasteiger charge is 2.23. The summed E-state index contributed by atoms with van der Waals surface area (Å²) in [6.07, 6.45) is 8.73. The van der Waals surface area contributed by atoms with Crippen molar-refractivity contribution in [3.05, 3.63) is 124 Å². The fourth-order valence-corrected chi connectivity index (χ4v) is 7.59. The molecule has 58 heavy (non-hydrogen) atoms. The lowest BCUT2D eigenvalue weighted by molar-refractivity contribution is -0.116. The number of nitrogens with zero attached hydrogens (tertiary/aromatic N) is 4. The summed E-state index contributed by atoms with van der Waals surface area (Å²) in [4.78, 5) is 26.5. The zero-order valence-electron chi connectivity index (χ0n) is 34.1. The lowest BCUT2D eigenvalue weighted by atomic mass is 9.91. The normalized spacial score (nSPS) is 12.3. The number of carbonyl (C=O) groups excluding carboxylic acids is 1. The van der Waals surface area contributed by atoms with Gasteiger partial charge in [-0.25, -0.2) is 15.0 Å². The van der Waals surface area contributed by atoms with E-state index in [1.807, 2.05) is 12.1 Å². The Bertz CT molecular complexity index is 2270. The van der Waals surface area contributed by atoms with Crippen molar-refractivity contribution in [1.29, 1.82) is 0 Å². The summed E-state index contributed by atoms with van der Waals surface area (Å²) in [6, 6.07) is 23.3. The molecule has 0 radical (unpaired) electrons. The van der Waals surface area contributed by atoms with Crippen LogP contribution >= 0.6 is 0 Å². The Kier molecular flexibility index (Phi) is 13.1. The largest absolute Gasteiger partial charge is 0.493 e. The minimum Gasteiger partial charge on any atom is -0.493 e. The van der Waals surface area contributed by atoms with Crippen LogP contribution in [0.5, 0.6) is 23.0 Å². The second-order valence-corrected chi connectivity index (χ2v) is 14.8. The summed E-state index contributed by atoms with van der Waals surface area (Å²) in [5, 5.41) is 3.19.